The third-order valence-electron chi connectivity index (χ3n) is 3.26. The van der Waals surface area contributed by atoms with Gasteiger partial charge in [0.05, 0.1) is 25.9 Å². The van der Waals surface area contributed by atoms with Gasteiger partial charge in [-0.1, -0.05) is 35.3 Å². The quantitative estimate of drug-likeness (QED) is 0.890. The van der Waals surface area contributed by atoms with Gasteiger partial charge < -0.3 is 14.6 Å². The highest BCUT2D eigenvalue weighted by Gasteiger charge is 2.21. The molecule has 0 amide bonds. The molecule has 1 N–H and O–H groups in total. The third-order valence-corrected chi connectivity index (χ3v) is 3.97. The van der Waals surface area contributed by atoms with Crippen molar-refractivity contribution in [2.75, 3.05) is 14.2 Å². The number of methoxy groups -OCH3 is 2. The van der Waals surface area contributed by atoms with Gasteiger partial charge in [0.2, 0.25) is 0 Å². The van der Waals surface area contributed by atoms with E-state index in [0.717, 1.165) is 0 Å². The van der Waals surface area contributed by atoms with E-state index in [4.69, 9.17) is 32.7 Å². The Kier molecular flexibility index (Phi) is 5.34. The van der Waals surface area contributed by atoms with Crippen LogP contribution in [0.15, 0.2) is 36.4 Å². The van der Waals surface area contributed by atoms with E-state index in [0.29, 0.717) is 32.7 Å². The largest absolute Gasteiger partial charge is 0.496 e. The number of hydrogen-bond acceptors (Lipinski definition) is 3. The standard InChI is InChI=1S/C16H16Cl2O3/c1-20-14-7-4-8-15(21-2)16(14)13(19)9-10-11(17)5-3-6-12(10)18/h3-8,13,19H,9H2,1-2H3. The molecule has 2 aromatic rings. The van der Waals surface area contributed by atoms with E-state index in [1.165, 1.54) is 0 Å². The van der Waals surface area contributed by atoms with Crippen LogP contribution >= 0.6 is 23.2 Å². The van der Waals surface area contributed by atoms with E-state index >= 15 is 0 Å². The molecule has 0 radical (unpaired) electrons. The third kappa shape index (κ3) is 3.43. The number of halogens is 2. The fraction of sp³-hybridized carbons (Fsp3) is 0.250. The summed E-state index contributed by atoms with van der Waals surface area (Å²) in [4.78, 5) is 0. The predicted octanol–water partition coefficient (Wildman–Crippen LogP) is 4.29. The van der Waals surface area contributed by atoms with E-state index in [1.54, 1.807) is 50.6 Å². The zero-order valence-corrected chi connectivity index (χ0v) is 13.3. The normalized spacial score (nSPS) is 12.0. The summed E-state index contributed by atoms with van der Waals surface area (Å²) in [5, 5.41) is 11.6. The molecule has 0 saturated heterocycles. The van der Waals surface area contributed by atoms with Crippen LogP contribution in [0.5, 0.6) is 11.5 Å². The molecule has 0 aromatic heterocycles. The van der Waals surface area contributed by atoms with E-state index < -0.39 is 6.10 Å². The monoisotopic (exact) mass is 326 g/mol. The molecule has 3 nitrogen and oxygen atoms in total. The first-order chi connectivity index (χ1) is 10.1. The summed E-state index contributed by atoms with van der Waals surface area (Å²) >= 11 is 12.3. The molecule has 0 aliphatic rings. The van der Waals surface area contributed by atoms with E-state index in [9.17, 15) is 5.11 Å². The van der Waals surface area contributed by atoms with E-state index in [1.807, 2.05) is 0 Å². The second-order valence-corrected chi connectivity index (χ2v) is 5.31. The molecular formula is C16H16Cl2O3. The Balaban J connectivity index is 2.39. The minimum atomic E-state index is -0.839. The Morgan fingerprint density at radius 3 is 1.90 bits per heavy atom. The second-order valence-electron chi connectivity index (χ2n) is 4.50. The fourth-order valence-electron chi connectivity index (χ4n) is 2.23. The van der Waals surface area contributed by atoms with Gasteiger partial charge in [0, 0.05) is 16.5 Å². The molecule has 0 bridgehead atoms. The Morgan fingerprint density at radius 1 is 0.952 bits per heavy atom. The maximum Gasteiger partial charge on any atom is 0.128 e. The molecule has 0 aliphatic carbocycles. The van der Waals surface area contributed by atoms with Gasteiger partial charge in [-0.2, -0.15) is 0 Å². The molecule has 0 fully saturated rings. The zero-order chi connectivity index (χ0) is 15.4. The molecule has 1 unspecified atom stereocenters. The smallest absolute Gasteiger partial charge is 0.128 e. The van der Waals surface area contributed by atoms with Crippen LogP contribution in [0.1, 0.15) is 17.2 Å². The number of aliphatic hydroxyl groups excluding tert-OH is 1. The SMILES string of the molecule is COc1cccc(OC)c1C(O)Cc1c(Cl)cccc1Cl. The van der Waals surface area contributed by atoms with Gasteiger partial charge in [-0.3, -0.25) is 0 Å². The van der Waals surface area contributed by atoms with Gasteiger partial charge in [-0.25, -0.2) is 0 Å². The topological polar surface area (TPSA) is 38.7 Å². The van der Waals surface area contributed by atoms with Crippen LogP contribution in [0.3, 0.4) is 0 Å². The van der Waals surface area contributed by atoms with Crippen molar-refractivity contribution in [1.82, 2.24) is 0 Å². The van der Waals surface area contributed by atoms with Crippen LogP contribution in [0, 0.1) is 0 Å². The molecule has 0 heterocycles. The Morgan fingerprint density at radius 2 is 1.43 bits per heavy atom. The number of rotatable bonds is 5. The molecule has 2 rings (SSSR count). The molecule has 0 aliphatic heterocycles. The molecule has 2 aromatic carbocycles. The van der Waals surface area contributed by atoms with E-state index in [2.05, 4.69) is 0 Å². The summed E-state index contributed by atoms with van der Waals surface area (Å²) < 4.78 is 10.6. The van der Waals surface area contributed by atoms with Crippen molar-refractivity contribution >= 4 is 23.2 Å². The summed E-state index contributed by atoms with van der Waals surface area (Å²) in [5.74, 6) is 1.12. The highest BCUT2D eigenvalue weighted by Crippen LogP contribution is 2.37. The molecule has 112 valence electrons. The molecule has 1 atom stereocenters. The van der Waals surface area contributed by atoms with Crippen molar-refractivity contribution in [3.05, 3.63) is 57.6 Å². The highest BCUT2D eigenvalue weighted by molar-refractivity contribution is 6.36. The Hall–Kier alpha value is -1.42. The summed E-state index contributed by atoms with van der Waals surface area (Å²) in [6.07, 6.45) is -0.566. The van der Waals surface area contributed by atoms with Crippen LogP contribution in [0.25, 0.3) is 0 Å². The van der Waals surface area contributed by atoms with Gasteiger partial charge in [0.15, 0.2) is 0 Å². The fourth-order valence-corrected chi connectivity index (χ4v) is 2.78. The second kappa shape index (κ2) is 7.03. The lowest BCUT2D eigenvalue weighted by atomic mass is 9.99. The van der Waals surface area contributed by atoms with Crippen LogP contribution in [-0.2, 0) is 6.42 Å². The maximum atomic E-state index is 10.6. The van der Waals surface area contributed by atoms with Crippen molar-refractivity contribution in [1.29, 1.82) is 0 Å². The van der Waals surface area contributed by atoms with Crippen molar-refractivity contribution in [3.63, 3.8) is 0 Å². The average molecular weight is 327 g/mol. The number of aliphatic hydroxyl groups is 1. The summed E-state index contributed by atoms with van der Waals surface area (Å²) in [7, 11) is 3.10. The lowest BCUT2D eigenvalue weighted by molar-refractivity contribution is 0.169. The maximum absolute atomic E-state index is 10.6. The molecule has 21 heavy (non-hydrogen) atoms. The Bertz CT molecular complexity index is 586. The van der Waals surface area contributed by atoms with Crippen molar-refractivity contribution in [2.24, 2.45) is 0 Å². The number of ether oxygens (including phenoxy) is 2. The van der Waals surface area contributed by atoms with Crippen LogP contribution < -0.4 is 9.47 Å². The minimum Gasteiger partial charge on any atom is -0.496 e. The molecular weight excluding hydrogens is 311 g/mol. The van der Waals surface area contributed by atoms with E-state index in [-0.39, 0.29) is 6.42 Å². The first-order valence-corrected chi connectivity index (χ1v) is 7.16. The lowest BCUT2D eigenvalue weighted by Crippen LogP contribution is -2.07. The number of hydrogen-bond donors (Lipinski definition) is 1. The Labute approximate surface area is 134 Å². The highest BCUT2D eigenvalue weighted by atomic mass is 35.5. The lowest BCUT2D eigenvalue weighted by Gasteiger charge is -2.19. The summed E-state index contributed by atoms with van der Waals surface area (Å²) in [6, 6.07) is 10.6. The van der Waals surface area contributed by atoms with Crippen molar-refractivity contribution in [3.8, 4) is 11.5 Å². The van der Waals surface area contributed by atoms with Crippen molar-refractivity contribution in [2.45, 2.75) is 12.5 Å². The van der Waals surface area contributed by atoms with Gasteiger partial charge in [-0.15, -0.1) is 0 Å². The van der Waals surface area contributed by atoms with Gasteiger partial charge in [0.25, 0.3) is 0 Å². The van der Waals surface area contributed by atoms with Crippen LogP contribution in [-0.4, -0.2) is 19.3 Å². The van der Waals surface area contributed by atoms with Crippen LogP contribution in [0.2, 0.25) is 10.0 Å². The number of benzene rings is 2. The summed E-state index contributed by atoms with van der Waals surface area (Å²) in [6.45, 7) is 0. The molecule has 0 saturated carbocycles. The first-order valence-electron chi connectivity index (χ1n) is 6.40. The van der Waals surface area contributed by atoms with Gasteiger partial charge >= 0.3 is 0 Å². The molecule has 5 heteroatoms. The van der Waals surface area contributed by atoms with Gasteiger partial charge in [-0.05, 0) is 29.8 Å². The summed E-state index contributed by atoms with van der Waals surface area (Å²) in [5.41, 5.74) is 1.28. The average Bonchev–Trinajstić information content (AvgIpc) is 2.49. The van der Waals surface area contributed by atoms with Crippen molar-refractivity contribution < 1.29 is 14.6 Å². The van der Waals surface area contributed by atoms with Crippen LogP contribution in [0.4, 0.5) is 0 Å². The predicted molar refractivity (Wildman–Crippen MR) is 84.7 cm³/mol. The molecule has 0 spiro atoms. The first kappa shape index (κ1) is 16.0. The minimum absolute atomic E-state index is 0.273. The zero-order valence-electron chi connectivity index (χ0n) is 11.8. The van der Waals surface area contributed by atoms with Gasteiger partial charge in [0.1, 0.15) is 11.5 Å².